The van der Waals surface area contributed by atoms with Crippen LogP contribution in [0.1, 0.15) is 12.8 Å². The highest BCUT2D eigenvalue weighted by Crippen LogP contribution is 2.19. The molecule has 1 aliphatic rings. The lowest BCUT2D eigenvalue weighted by molar-refractivity contribution is -0.121. The third-order valence-electron chi connectivity index (χ3n) is 2.88. The van der Waals surface area contributed by atoms with E-state index < -0.39 is 6.04 Å². The topological polar surface area (TPSA) is 73.6 Å². The molecule has 0 aliphatic heterocycles. The minimum atomic E-state index is -0.399. The lowest BCUT2D eigenvalue weighted by Gasteiger charge is -2.15. The first-order valence-corrected chi connectivity index (χ1v) is 6.56. The molecule has 1 unspecified atom stereocenters. The lowest BCUT2D eigenvalue weighted by Crippen LogP contribution is -2.45. The first-order chi connectivity index (χ1) is 9.25. The van der Waals surface area contributed by atoms with Crippen molar-refractivity contribution in [3.8, 4) is 5.75 Å². The summed E-state index contributed by atoms with van der Waals surface area (Å²) in [6.45, 7) is 1.19. The van der Waals surface area contributed by atoms with Gasteiger partial charge >= 0.3 is 0 Å². The molecule has 0 saturated heterocycles. The van der Waals surface area contributed by atoms with E-state index in [1.807, 2.05) is 30.3 Å². The molecule has 104 valence electrons. The summed E-state index contributed by atoms with van der Waals surface area (Å²) in [5.41, 5.74) is 5.31. The minimum absolute atomic E-state index is 0.296. The van der Waals surface area contributed by atoms with Crippen LogP contribution in [-0.4, -0.2) is 37.8 Å². The second-order valence-corrected chi connectivity index (χ2v) is 4.63. The zero-order chi connectivity index (χ0) is 13.5. The Morgan fingerprint density at radius 1 is 1.32 bits per heavy atom. The van der Waals surface area contributed by atoms with Gasteiger partial charge in [-0.1, -0.05) is 18.2 Å². The van der Waals surface area contributed by atoms with Crippen molar-refractivity contribution < 1.29 is 14.3 Å². The summed E-state index contributed by atoms with van der Waals surface area (Å²) in [6, 6.07) is 9.58. The number of nitrogens with two attached hydrogens (primary N) is 1. The van der Waals surface area contributed by atoms with E-state index in [1.54, 1.807) is 0 Å². The maximum Gasteiger partial charge on any atom is 0.236 e. The van der Waals surface area contributed by atoms with Gasteiger partial charge in [-0.2, -0.15) is 0 Å². The zero-order valence-corrected chi connectivity index (χ0v) is 10.9. The van der Waals surface area contributed by atoms with Crippen LogP contribution in [0.5, 0.6) is 5.75 Å². The fourth-order valence-corrected chi connectivity index (χ4v) is 1.68. The van der Waals surface area contributed by atoms with Gasteiger partial charge in [-0.3, -0.25) is 4.79 Å². The molecule has 0 radical (unpaired) electrons. The van der Waals surface area contributed by atoms with E-state index in [1.165, 1.54) is 0 Å². The molecule has 1 aliphatic carbocycles. The summed E-state index contributed by atoms with van der Waals surface area (Å²) in [4.78, 5) is 11.2. The normalized spacial score (nSPS) is 16.0. The summed E-state index contributed by atoms with van der Waals surface area (Å²) in [5.74, 6) is 0.449. The highest BCUT2D eigenvalue weighted by molar-refractivity contribution is 5.80. The van der Waals surface area contributed by atoms with Crippen LogP contribution in [-0.2, 0) is 9.53 Å². The van der Waals surface area contributed by atoms with Gasteiger partial charge in [-0.15, -0.1) is 0 Å². The molecule has 3 N–H and O–H groups in total. The van der Waals surface area contributed by atoms with E-state index >= 15 is 0 Å². The molecule has 0 bridgehead atoms. The molecule has 19 heavy (non-hydrogen) atoms. The van der Waals surface area contributed by atoms with Gasteiger partial charge in [0.1, 0.15) is 18.4 Å². The van der Waals surface area contributed by atoms with Crippen LogP contribution < -0.4 is 15.8 Å². The van der Waals surface area contributed by atoms with E-state index in [2.05, 4.69) is 5.32 Å². The number of ether oxygens (including phenoxy) is 2. The average Bonchev–Trinajstić information content (AvgIpc) is 3.22. The van der Waals surface area contributed by atoms with Crippen LogP contribution in [0.25, 0.3) is 0 Å². The Balaban J connectivity index is 1.58. The van der Waals surface area contributed by atoms with Gasteiger partial charge < -0.3 is 20.5 Å². The van der Waals surface area contributed by atoms with Gasteiger partial charge in [0.05, 0.1) is 13.2 Å². The molecule has 5 nitrogen and oxygen atoms in total. The third-order valence-corrected chi connectivity index (χ3v) is 2.88. The number of primary amides is 1. The predicted octanol–water partition coefficient (Wildman–Crippen LogP) is 0.688. The van der Waals surface area contributed by atoms with Gasteiger partial charge in [-0.05, 0) is 25.0 Å². The maximum atomic E-state index is 11.2. The molecule has 2 rings (SSSR count). The van der Waals surface area contributed by atoms with Crippen molar-refractivity contribution in [1.82, 2.24) is 5.32 Å². The number of benzene rings is 1. The van der Waals surface area contributed by atoms with Crippen LogP contribution >= 0.6 is 0 Å². The van der Waals surface area contributed by atoms with E-state index in [-0.39, 0.29) is 5.91 Å². The molecule has 1 saturated carbocycles. The molecule has 1 atom stereocenters. The Hall–Kier alpha value is -1.59. The molecule has 1 aromatic rings. The van der Waals surface area contributed by atoms with Crippen molar-refractivity contribution in [1.29, 1.82) is 0 Å². The second kappa shape index (κ2) is 7.11. The predicted molar refractivity (Wildman–Crippen MR) is 71.9 cm³/mol. The number of hydrogen-bond donors (Lipinski definition) is 2. The summed E-state index contributed by atoms with van der Waals surface area (Å²) in [7, 11) is 0. The number of nitrogens with one attached hydrogen (secondary N) is 1. The number of rotatable bonds is 9. The Labute approximate surface area is 113 Å². The number of hydrogen-bond acceptors (Lipinski definition) is 4. The van der Waals surface area contributed by atoms with Gasteiger partial charge in [-0.25, -0.2) is 0 Å². The van der Waals surface area contributed by atoms with Crippen LogP contribution in [0, 0.1) is 0 Å². The molecule has 0 aromatic heterocycles. The third kappa shape index (κ3) is 5.28. The Bertz CT molecular complexity index is 393. The van der Waals surface area contributed by atoms with E-state index in [0.29, 0.717) is 25.9 Å². The molecular weight excluding hydrogens is 244 g/mol. The van der Waals surface area contributed by atoms with Crippen molar-refractivity contribution >= 4 is 5.91 Å². The number of para-hydroxylation sites is 1. The minimum Gasteiger partial charge on any atom is -0.491 e. The fraction of sp³-hybridized carbons (Fsp3) is 0.500. The van der Waals surface area contributed by atoms with Crippen molar-refractivity contribution in [2.75, 3.05) is 19.8 Å². The van der Waals surface area contributed by atoms with E-state index in [0.717, 1.165) is 18.6 Å². The molecule has 5 heteroatoms. The molecule has 1 fully saturated rings. The monoisotopic (exact) mass is 264 g/mol. The van der Waals surface area contributed by atoms with Crippen molar-refractivity contribution in [3.05, 3.63) is 30.3 Å². The number of amides is 1. The van der Waals surface area contributed by atoms with Crippen LogP contribution in [0.4, 0.5) is 0 Å². The smallest absolute Gasteiger partial charge is 0.236 e. The summed E-state index contributed by atoms with van der Waals surface area (Å²) in [5, 5.41) is 3.16. The van der Waals surface area contributed by atoms with Crippen LogP contribution in [0.2, 0.25) is 0 Å². The SMILES string of the molecule is NC(=O)C(COCCOc1ccccc1)NC1CC1. The number of carbonyl (C=O) groups is 1. The molecule has 1 amide bonds. The summed E-state index contributed by atoms with van der Waals surface area (Å²) >= 11 is 0. The molecule has 1 aromatic carbocycles. The Kier molecular flexibility index (Phi) is 5.18. The Morgan fingerprint density at radius 3 is 2.68 bits per heavy atom. The van der Waals surface area contributed by atoms with Crippen molar-refractivity contribution in [3.63, 3.8) is 0 Å². The maximum absolute atomic E-state index is 11.2. The summed E-state index contributed by atoms with van der Waals surface area (Å²) < 4.78 is 10.9. The van der Waals surface area contributed by atoms with Crippen molar-refractivity contribution in [2.45, 2.75) is 24.9 Å². The van der Waals surface area contributed by atoms with Gasteiger partial charge in [0.2, 0.25) is 5.91 Å². The molecular formula is C14H20N2O3. The highest BCUT2D eigenvalue weighted by atomic mass is 16.5. The fourth-order valence-electron chi connectivity index (χ4n) is 1.68. The molecule has 0 spiro atoms. The first kappa shape index (κ1) is 13.8. The second-order valence-electron chi connectivity index (χ2n) is 4.63. The zero-order valence-electron chi connectivity index (χ0n) is 10.9. The van der Waals surface area contributed by atoms with Gasteiger partial charge in [0, 0.05) is 6.04 Å². The van der Waals surface area contributed by atoms with Crippen LogP contribution in [0.15, 0.2) is 30.3 Å². The van der Waals surface area contributed by atoms with Gasteiger partial charge in [0.15, 0.2) is 0 Å². The first-order valence-electron chi connectivity index (χ1n) is 6.56. The molecule has 0 heterocycles. The summed E-state index contributed by atoms with van der Waals surface area (Å²) in [6.07, 6.45) is 2.22. The average molecular weight is 264 g/mol. The standard InChI is InChI=1S/C14H20N2O3/c15-14(17)13(16-11-6-7-11)10-18-8-9-19-12-4-2-1-3-5-12/h1-5,11,13,16H,6-10H2,(H2,15,17). The Morgan fingerprint density at radius 2 is 2.05 bits per heavy atom. The van der Waals surface area contributed by atoms with E-state index in [4.69, 9.17) is 15.2 Å². The van der Waals surface area contributed by atoms with E-state index in [9.17, 15) is 4.79 Å². The lowest BCUT2D eigenvalue weighted by atomic mass is 10.3. The largest absolute Gasteiger partial charge is 0.491 e. The quantitative estimate of drug-likeness (QED) is 0.644. The number of carbonyl (C=O) groups excluding carboxylic acids is 1. The van der Waals surface area contributed by atoms with Crippen LogP contribution in [0.3, 0.4) is 0 Å². The van der Waals surface area contributed by atoms with Gasteiger partial charge in [0.25, 0.3) is 0 Å². The van der Waals surface area contributed by atoms with Crippen molar-refractivity contribution in [2.24, 2.45) is 5.73 Å². The highest BCUT2D eigenvalue weighted by Gasteiger charge is 2.27.